The zero-order chi connectivity index (χ0) is 21.5. The van der Waals surface area contributed by atoms with Crippen molar-refractivity contribution in [2.45, 2.75) is 38.3 Å². The third kappa shape index (κ3) is 3.43. The Morgan fingerprint density at radius 1 is 0.968 bits per heavy atom. The molecule has 8 heteroatoms. The van der Waals surface area contributed by atoms with E-state index < -0.39 is 23.8 Å². The van der Waals surface area contributed by atoms with Crippen LogP contribution in [-0.2, 0) is 22.6 Å². The molecule has 1 fully saturated rings. The molecule has 0 saturated carbocycles. The fraction of sp³-hybridized carbons (Fsp3) is 0.304. The molecule has 5 rings (SSSR count). The molecule has 0 bridgehead atoms. The van der Waals surface area contributed by atoms with Gasteiger partial charge in [0.25, 0.3) is 11.8 Å². The second-order valence-electron chi connectivity index (χ2n) is 8.08. The molecule has 1 saturated heterocycles. The molecular formula is C23H22N4O4. The number of carbonyl (C=O) groups excluding carboxylic acids is 4. The van der Waals surface area contributed by atoms with Crippen LogP contribution in [0.5, 0.6) is 0 Å². The van der Waals surface area contributed by atoms with Crippen LogP contribution in [0.3, 0.4) is 0 Å². The van der Waals surface area contributed by atoms with Gasteiger partial charge >= 0.3 is 0 Å². The summed E-state index contributed by atoms with van der Waals surface area (Å²) in [5, 5.41) is 8.98. The monoisotopic (exact) mass is 418 g/mol. The standard InChI is InChI=1S/C23H22N4O4/c28-20-8-7-19(21(29)26-20)27-22(30)16-6-3-13(10-17(16)23(27)31)12-25-15-5-4-14-2-1-9-24-18(14)11-15/h3-6,10-11,19,24-25H,1-2,7-9,12H2,(H,26,28,29). The molecule has 0 spiro atoms. The van der Waals surface area contributed by atoms with E-state index in [1.165, 1.54) is 5.56 Å². The van der Waals surface area contributed by atoms with Crippen LogP contribution in [0.1, 0.15) is 51.1 Å². The second-order valence-corrected chi connectivity index (χ2v) is 8.08. The Morgan fingerprint density at radius 2 is 1.81 bits per heavy atom. The van der Waals surface area contributed by atoms with Gasteiger partial charge in [0, 0.05) is 30.9 Å². The van der Waals surface area contributed by atoms with Gasteiger partial charge in [0.1, 0.15) is 6.04 Å². The van der Waals surface area contributed by atoms with Crippen molar-refractivity contribution in [3.05, 3.63) is 58.7 Å². The zero-order valence-corrected chi connectivity index (χ0v) is 16.9. The Bertz CT molecular complexity index is 1130. The van der Waals surface area contributed by atoms with Crippen LogP contribution >= 0.6 is 0 Å². The number of carbonyl (C=O) groups is 4. The third-order valence-electron chi connectivity index (χ3n) is 6.05. The number of nitrogens with zero attached hydrogens (tertiary/aromatic N) is 1. The van der Waals surface area contributed by atoms with Gasteiger partial charge in [-0.1, -0.05) is 12.1 Å². The first kappa shape index (κ1) is 19.3. The zero-order valence-electron chi connectivity index (χ0n) is 16.9. The van der Waals surface area contributed by atoms with Crippen molar-refractivity contribution in [1.82, 2.24) is 10.2 Å². The van der Waals surface area contributed by atoms with Crippen LogP contribution in [0.4, 0.5) is 11.4 Å². The normalized spacial score (nSPS) is 20.1. The SMILES string of the molecule is O=C1CCC(N2C(=O)c3ccc(CNc4ccc5c(c4)NCCC5)cc3C2=O)C(=O)N1. The lowest BCUT2D eigenvalue weighted by molar-refractivity contribution is -0.136. The summed E-state index contributed by atoms with van der Waals surface area (Å²) in [5.41, 5.74) is 4.87. The Balaban J connectivity index is 1.32. The summed E-state index contributed by atoms with van der Waals surface area (Å²) in [7, 11) is 0. The Morgan fingerprint density at radius 3 is 2.65 bits per heavy atom. The number of aryl methyl sites for hydroxylation is 1. The molecule has 158 valence electrons. The summed E-state index contributed by atoms with van der Waals surface area (Å²) >= 11 is 0. The van der Waals surface area contributed by atoms with E-state index in [0.29, 0.717) is 12.1 Å². The fourth-order valence-electron chi connectivity index (χ4n) is 4.40. The largest absolute Gasteiger partial charge is 0.385 e. The number of fused-ring (bicyclic) bond motifs is 2. The molecule has 2 aromatic carbocycles. The number of hydrogen-bond acceptors (Lipinski definition) is 6. The number of imide groups is 2. The Hall–Kier alpha value is -3.68. The molecule has 31 heavy (non-hydrogen) atoms. The molecule has 3 heterocycles. The predicted octanol–water partition coefficient (Wildman–Crippen LogP) is 2.06. The Labute approximate surface area is 179 Å². The highest BCUT2D eigenvalue weighted by molar-refractivity contribution is 6.23. The highest BCUT2D eigenvalue weighted by atomic mass is 16.2. The molecule has 3 aliphatic heterocycles. The number of hydrogen-bond donors (Lipinski definition) is 3. The number of piperidine rings is 1. The smallest absolute Gasteiger partial charge is 0.262 e. The summed E-state index contributed by atoms with van der Waals surface area (Å²) < 4.78 is 0. The van der Waals surface area contributed by atoms with E-state index in [1.54, 1.807) is 12.1 Å². The van der Waals surface area contributed by atoms with Gasteiger partial charge < -0.3 is 10.6 Å². The molecule has 0 radical (unpaired) electrons. The first-order valence-corrected chi connectivity index (χ1v) is 10.5. The van der Waals surface area contributed by atoms with Crippen LogP contribution in [-0.4, -0.2) is 41.1 Å². The summed E-state index contributed by atoms with van der Waals surface area (Å²) in [6.45, 7) is 1.47. The van der Waals surface area contributed by atoms with Crippen LogP contribution in [0.2, 0.25) is 0 Å². The van der Waals surface area contributed by atoms with Gasteiger partial charge in [-0.2, -0.15) is 0 Å². The minimum absolute atomic E-state index is 0.106. The lowest BCUT2D eigenvalue weighted by Crippen LogP contribution is -2.54. The topological polar surface area (TPSA) is 108 Å². The van der Waals surface area contributed by atoms with Crippen LogP contribution in [0.15, 0.2) is 36.4 Å². The summed E-state index contributed by atoms with van der Waals surface area (Å²) in [5.74, 6) is -1.97. The highest BCUT2D eigenvalue weighted by Gasteiger charge is 2.44. The molecule has 3 aliphatic rings. The molecule has 2 aromatic rings. The quantitative estimate of drug-likeness (QED) is 0.656. The van der Waals surface area contributed by atoms with Crippen molar-refractivity contribution in [2.75, 3.05) is 17.2 Å². The van der Waals surface area contributed by atoms with Gasteiger partial charge in [-0.25, -0.2) is 0 Å². The summed E-state index contributed by atoms with van der Waals surface area (Å²) in [4.78, 5) is 50.3. The van der Waals surface area contributed by atoms with Gasteiger partial charge in [0.15, 0.2) is 0 Å². The molecule has 4 amide bonds. The maximum Gasteiger partial charge on any atom is 0.262 e. The van der Waals surface area contributed by atoms with E-state index in [2.05, 4.69) is 28.1 Å². The molecule has 0 aliphatic carbocycles. The number of anilines is 2. The van der Waals surface area contributed by atoms with Crippen LogP contribution in [0, 0.1) is 0 Å². The number of amides is 4. The van der Waals surface area contributed by atoms with Crippen molar-refractivity contribution in [3.63, 3.8) is 0 Å². The third-order valence-corrected chi connectivity index (χ3v) is 6.05. The van der Waals surface area contributed by atoms with Gasteiger partial charge in [0.2, 0.25) is 11.8 Å². The van der Waals surface area contributed by atoms with Crippen molar-refractivity contribution in [2.24, 2.45) is 0 Å². The van der Waals surface area contributed by atoms with Crippen LogP contribution in [0.25, 0.3) is 0 Å². The minimum Gasteiger partial charge on any atom is -0.385 e. The maximum atomic E-state index is 12.9. The second kappa shape index (κ2) is 7.54. The molecular weight excluding hydrogens is 396 g/mol. The first-order chi connectivity index (χ1) is 15.0. The average molecular weight is 418 g/mol. The van der Waals surface area contributed by atoms with Crippen molar-refractivity contribution >= 4 is 35.0 Å². The molecule has 8 nitrogen and oxygen atoms in total. The molecule has 0 aromatic heterocycles. The van der Waals surface area contributed by atoms with E-state index in [-0.39, 0.29) is 24.3 Å². The van der Waals surface area contributed by atoms with Crippen molar-refractivity contribution < 1.29 is 19.2 Å². The summed E-state index contributed by atoms with van der Waals surface area (Å²) in [6, 6.07) is 10.4. The van der Waals surface area contributed by atoms with Gasteiger partial charge in [0.05, 0.1) is 11.1 Å². The van der Waals surface area contributed by atoms with Crippen LogP contribution < -0.4 is 16.0 Å². The average Bonchev–Trinajstić information content (AvgIpc) is 3.02. The van der Waals surface area contributed by atoms with E-state index in [0.717, 1.165) is 41.2 Å². The molecule has 3 N–H and O–H groups in total. The molecule has 1 atom stereocenters. The Kier molecular flexibility index (Phi) is 4.69. The maximum absolute atomic E-state index is 12.9. The van der Waals surface area contributed by atoms with E-state index >= 15 is 0 Å². The van der Waals surface area contributed by atoms with Gasteiger partial charge in [-0.15, -0.1) is 0 Å². The van der Waals surface area contributed by atoms with Crippen molar-refractivity contribution in [1.29, 1.82) is 0 Å². The highest BCUT2D eigenvalue weighted by Crippen LogP contribution is 2.29. The number of nitrogens with one attached hydrogen (secondary N) is 3. The lowest BCUT2D eigenvalue weighted by Gasteiger charge is -2.27. The fourth-order valence-corrected chi connectivity index (χ4v) is 4.40. The number of benzene rings is 2. The predicted molar refractivity (Wildman–Crippen MR) is 114 cm³/mol. The van der Waals surface area contributed by atoms with E-state index in [4.69, 9.17) is 0 Å². The lowest BCUT2D eigenvalue weighted by atomic mass is 10.0. The van der Waals surface area contributed by atoms with E-state index in [9.17, 15) is 19.2 Å². The minimum atomic E-state index is -0.949. The van der Waals surface area contributed by atoms with Gasteiger partial charge in [-0.05, 0) is 54.7 Å². The van der Waals surface area contributed by atoms with Crippen molar-refractivity contribution in [3.8, 4) is 0 Å². The molecule has 1 unspecified atom stereocenters. The van der Waals surface area contributed by atoms with E-state index in [1.807, 2.05) is 12.1 Å². The summed E-state index contributed by atoms with van der Waals surface area (Å²) in [6.07, 6.45) is 2.47. The van der Waals surface area contributed by atoms with Gasteiger partial charge in [-0.3, -0.25) is 29.4 Å². The number of rotatable bonds is 4. The first-order valence-electron chi connectivity index (χ1n) is 10.5.